The van der Waals surface area contributed by atoms with Gasteiger partial charge >= 0.3 is 0 Å². The predicted octanol–water partition coefficient (Wildman–Crippen LogP) is 4.98. The molecule has 0 saturated heterocycles. The molecule has 0 spiro atoms. The van der Waals surface area contributed by atoms with E-state index in [0.29, 0.717) is 5.02 Å². The summed E-state index contributed by atoms with van der Waals surface area (Å²) in [6, 6.07) is 20.1. The van der Waals surface area contributed by atoms with Gasteiger partial charge in [0.15, 0.2) is 0 Å². The second kappa shape index (κ2) is 6.15. The van der Waals surface area contributed by atoms with Crippen molar-refractivity contribution in [2.45, 2.75) is 18.7 Å². The summed E-state index contributed by atoms with van der Waals surface area (Å²) in [7, 11) is 0. The fraction of sp³-hybridized carbons (Fsp3) is 0.143. The number of ether oxygens (including phenoxy) is 1. The number of hydrogen-bond donors (Lipinski definition) is 0. The molecule has 128 valence electrons. The third-order valence-corrected chi connectivity index (χ3v) is 5.12. The summed E-state index contributed by atoms with van der Waals surface area (Å²) >= 11 is 6.06. The van der Waals surface area contributed by atoms with Crippen molar-refractivity contribution < 1.29 is 4.74 Å². The smallest absolute Gasteiger partial charge is 0.213 e. The predicted molar refractivity (Wildman–Crippen MR) is 101 cm³/mol. The zero-order valence-electron chi connectivity index (χ0n) is 13.9. The maximum atomic E-state index is 6.32. The highest BCUT2D eigenvalue weighted by Gasteiger charge is 2.40. The van der Waals surface area contributed by atoms with Crippen LogP contribution in [0.5, 0.6) is 5.75 Å². The summed E-state index contributed by atoms with van der Waals surface area (Å²) < 4.78 is 6.32. The number of aromatic nitrogens is 1. The lowest BCUT2D eigenvalue weighted by Crippen LogP contribution is -2.33. The molecule has 1 aromatic heterocycles. The molecule has 0 saturated carbocycles. The van der Waals surface area contributed by atoms with Crippen LogP contribution in [0.4, 0.5) is 0 Å². The van der Waals surface area contributed by atoms with Crippen molar-refractivity contribution in [1.82, 2.24) is 9.99 Å². The second-order valence-corrected chi connectivity index (χ2v) is 6.88. The normalized spacial score (nSPS) is 20.8. The van der Waals surface area contributed by atoms with Gasteiger partial charge in [-0.1, -0.05) is 41.9 Å². The minimum atomic E-state index is -0.272. The third-order valence-electron chi connectivity index (χ3n) is 4.87. The van der Waals surface area contributed by atoms with E-state index in [9.17, 15) is 0 Å². The van der Waals surface area contributed by atoms with Crippen LogP contribution in [0.3, 0.4) is 0 Å². The molecule has 3 aromatic rings. The molecule has 2 aliphatic heterocycles. The van der Waals surface area contributed by atoms with Crippen molar-refractivity contribution in [3.8, 4) is 5.75 Å². The van der Waals surface area contributed by atoms with E-state index < -0.39 is 0 Å². The molecule has 0 bridgehead atoms. The quantitative estimate of drug-likeness (QED) is 0.646. The van der Waals surface area contributed by atoms with Crippen LogP contribution in [0.2, 0.25) is 5.02 Å². The van der Waals surface area contributed by atoms with Gasteiger partial charge in [0.1, 0.15) is 5.75 Å². The molecule has 5 rings (SSSR count). The zero-order chi connectivity index (χ0) is 17.5. The standard InChI is InChI=1S/C21H16ClN3O/c22-16-7-5-15(6-8-16)21-25-19(17-3-1-2-4-20(17)26-21)13-18(24-25)14-9-11-23-12-10-14/h1-12,19,21H,13H2/t19-,21+/m0/s1. The first-order valence-corrected chi connectivity index (χ1v) is 8.95. The van der Waals surface area contributed by atoms with Crippen molar-refractivity contribution in [2.24, 2.45) is 5.10 Å². The summed E-state index contributed by atoms with van der Waals surface area (Å²) in [5.74, 6) is 0.917. The highest BCUT2D eigenvalue weighted by molar-refractivity contribution is 6.30. The van der Waals surface area contributed by atoms with Crippen LogP contribution in [-0.2, 0) is 0 Å². The Morgan fingerprint density at radius 2 is 1.73 bits per heavy atom. The first kappa shape index (κ1) is 15.4. The van der Waals surface area contributed by atoms with E-state index in [-0.39, 0.29) is 12.3 Å². The van der Waals surface area contributed by atoms with Gasteiger partial charge in [-0.15, -0.1) is 0 Å². The van der Waals surface area contributed by atoms with Gasteiger partial charge in [0, 0.05) is 40.5 Å². The van der Waals surface area contributed by atoms with E-state index in [1.165, 1.54) is 5.56 Å². The molecule has 5 heteroatoms. The van der Waals surface area contributed by atoms with E-state index in [1.54, 1.807) is 12.4 Å². The molecule has 26 heavy (non-hydrogen) atoms. The minimum Gasteiger partial charge on any atom is -0.464 e. The molecule has 0 amide bonds. The van der Waals surface area contributed by atoms with Crippen molar-refractivity contribution in [3.63, 3.8) is 0 Å². The fourth-order valence-electron chi connectivity index (χ4n) is 3.60. The van der Waals surface area contributed by atoms with Crippen LogP contribution < -0.4 is 4.74 Å². The Bertz CT molecular complexity index is 972. The molecule has 3 heterocycles. The fourth-order valence-corrected chi connectivity index (χ4v) is 3.73. The van der Waals surface area contributed by atoms with Crippen LogP contribution in [0.1, 0.15) is 35.4 Å². The number of hydrogen-bond acceptors (Lipinski definition) is 4. The van der Waals surface area contributed by atoms with Gasteiger partial charge in [0.2, 0.25) is 6.23 Å². The van der Waals surface area contributed by atoms with E-state index in [0.717, 1.165) is 29.0 Å². The van der Waals surface area contributed by atoms with Crippen LogP contribution >= 0.6 is 11.6 Å². The van der Waals surface area contributed by atoms with Crippen LogP contribution in [0, 0.1) is 0 Å². The SMILES string of the molecule is Clc1ccc([C@H]2Oc3ccccc3[C@@H]3CC(c4ccncc4)=NN23)cc1. The van der Waals surface area contributed by atoms with Crippen LogP contribution in [-0.4, -0.2) is 15.7 Å². The van der Waals surface area contributed by atoms with Crippen molar-refractivity contribution in [3.05, 3.63) is 94.8 Å². The Morgan fingerprint density at radius 3 is 2.54 bits per heavy atom. The van der Waals surface area contributed by atoms with E-state index in [4.69, 9.17) is 21.4 Å². The first-order valence-electron chi connectivity index (χ1n) is 8.57. The number of para-hydroxylation sites is 1. The van der Waals surface area contributed by atoms with Gasteiger partial charge in [-0.25, -0.2) is 5.01 Å². The average molecular weight is 362 g/mol. The van der Waals surface area contributed by atoms with E-state index >= 15 is 0 Å². The number of hydrazone groups is 1. The number of nitrogens with zero attached hydrogens (tertiary/aromatic N) is 3. The lowest BCUT2D eigenvalue weighted by molar-refractivity contribution is -0.0190. The largest absolute Gasteiger partial charge is 0.464 e. The summed E-state index contributed by atoms with van der Waals surface area (Å²) in [4.78, 5) is 4.11. The second-order valence-electron chi connectivity index (χ2n) is 6.44. The van der Waals surface area contributed by atoms with Gasteiger partial charge < -0.3 is 4.74 Å². The van der Waals surface area contributed by atoms with Gasteiger partial charge in [-0.2, -0.15) is 5.10 Å². The summed E-state index contributed by atoms with van der Waals surface area (Å²) in [5, 5.41) is 7.71. The average Bonchev–Trinajstić information content (AvgIpc) is 3.14. The van der Waals surface area contributed by atoms with Crippen molar-refractivity contribution in [2.75, 3.05) is 0 Å². The summed E-state index contributed by atoms with van der Waals surface area (Å²) in [5.41, 5.74) is 4.36. The van der Waals surface area contributed by atoms with Gasteiger partial charge in [0.25, 0.3) is 0 Å². The number of fused-ring (bicyclic) bond motifs is 3. The Hall–Kier alpha value is -2.85. The van der Waals surface area contributed by atoms with E-state index in [2.05, 4.69) is 16.1 Å². The molecular formula is C21H16ClN3O. The number of benzene rings is 2. The summed E-state index contributed by atoms with van der Waals surface area (Å²) in [6.45, 7) is 0. The molecule has 2 aromatic carbocycles. The Balaban J connectivity index is 1.60. The zero-order valence-corrected chi connectivity index (χ0v) is 14.7. The molecular weight excluding hydrogens is 346 g/mol. The highest BCUT2D eigenvalue weighted by Crippen LogP contribution is 2.47. The molecule has 4 nitrogen and oxygen atoms in total. The lowest BCUT2D eigenvalue weighted by atomic mass is 9.96. The number of halogens is 1. The number of pyridine rings is 1. The topological polar surface area (TPSA) is 37.7 Å². The molecule has 0 N–H and O–H groups in total. The maximum Gasteiger partial charge on any atom is 0.213 e. The minimum absolute atomic E-state index is 0.156. The Kier molecular flexibility index (Phi) is 3.64. The molecule has 0 fully saturated rings. The molecule has 0 unspecified atom stereocenters. The lowest BCUT2D eigenvalue weighted by Gasteiger charge is -2.38. The molecule has 2 aliphatic rings. The van der Waals surface area contributed by atoms with Gasteiger partial charge in [0.05, 0.1) is 11.8 Å². The van der Waals surface area contributed by atoms with Crippen molar-refractivity contribution >= 4 is 17.3 Å². The monoisotopic (exact) mass is 361 g/mol. The molecule has 0 aliphatic carbocycles. The third kappa shape index (κ3) is 2.54. The van der Waals surface area contributed by atoms with Crippen LogP contribution in [0.25, 0.3) is 0 Å². The molecule has 0 radical (unpaired) electrons. The Labute approximate surface area is 156 Å². The van der Waals surface area contributed by atoms with Crippen molar-refractivity contribution in [1.29, 1.82) is 0 Å². The summed E-state index contributed by atoms with van der Waals surface area (Å²) in [6.07, 6.45) is 4.17. The maximum absolute atomic E-state index is 6.32. The van der Waals surface area contributed by atoms with Gasteiger partial charge in [-0.05, 0) is 30.3 Å². The number of rotatable bonds is 2. The van der Waals surface area contributed by atoms with E-state index in [1.807, 2.05) is 54.6 Å². The Morgan fingerprint density at radius 1 is 0.962 bits per heavy atom. The van der Waals surface area contributed by atoms with Crippen LogP contribution in [0.15, 0.2) is 78.2 Å². The highest BCUT2D eigenvalue weighted by atomic mass is 35.5. The first-order chi connectivity index (χ1) is 12.8. The molecule has 2 atom stereocenters. The van der Waals surface area contributed by atoms with Gasteiger partial charge in [-0.3, -0.25) is 4.98 Å².